The van der Waals surface area contributed by atoms with Gasteiger partial charge in [0.2, 0.25) is 0 Å². The van der Waals surface area contributed by atoms with Crippen LogP contribution in [0.3, 0.4) is 0 Å². The third-order valence-electron chi connectivity index (χ3n) is 10.5. The van der Waals surface area contributed by atoms with Crippen LogP contribution in [0.5, 0.6) is 0 Å². The monoisotopic (exact) mass is 493 g/mol. The summed E-state index contributed by atoms with van der Waals surface area (Å²) in [6.45, 7) is 3.01. The molecule has 4 bridgehead atoms. The van der Waals surface area contributed by atoms with Gasteiger partial charge < -0.3 is 10.0 Å². The number of urea groups is 1. The molecular weight excluding hydrogens is 450 g/mol. The van der Waals surface area contributed by atoms with Crippen LogP contribution in [0, 0.1) is 17.8 Å². The Morgan fingerprint density at radius 3 is 2.33 bits per heavy atom. The van der Waals surface area contributed by atoms with Gasteiger partial charge in [-0.2, -0.15) is 0 Å². The summed E-state index contributed by atoms with van der Waals surface area (Å²) in [7, 11) is 0. The van der Waals surface area contributed by atoms with Gasteiger partial charge in [-0.05, 0) is 87.7 Å². The van der Waals surface area contributed by atoms with Gasteiger partial charge in [0.25, 0.3) is 0 Å². The Labute approximate surface area is 216 Å². The van der Waals surface area contributed by atoms with Crippen LogP contribution in [0.15, 0.2) is 30.3 Å². The van der Waals surface area contributed by atoms with Crippen molar-refractivity contribution < 1.29 is 14.7 Å². The van der Waals surface area contributed by atoms with Gasteiger partial charge in [0.05, 0.1) is 0 Å². The second kappa shape index (κ2) is 10.00. The zero-order chi connectivity index (χ0) is 24.8. The van der Waals surface area contributed by atoms with Crippen LogP contribution in [-0.2, 0) is 4.79 Å². The van der Waals surface area contributed by atoms with Crippen molar-refractivity contribution in [3.05, 3.63) is 30.3 Å². The molecule has 1 aromatic rings. The number of piperidine rings is 2. The van der Waals surface area contributed by atoms with Crippen LogP contribution < -0.4 is 4.90 Å². The van der Waals surface area contributed by atoms with E-state index in [9.17, 15) is 14.7 Å². The third kappa shape index (κ3) is 4.44. The number of hydrogen-bond acceptors (Lipinski definition) is 3. The van der Waals surface area contributed by atoms with Gasteiger partial charge in [-0.15, -0.1) is 0 Å². The standard InChI is InChI=1S/C30H43N3O3/c1-20-12-13-21-15-22(20)17-26(16-21)32-24-9-5-10-25(32)19-27(18-24)33(23-7-3-2-4-8-23)30(36)31-14-6-11-28(31)29(34)35/h2-4,7-8,20-22,24-28H,5-6,9-19H2,1H3,(H,34,35). The van der Waals surface area contributed by atoms with Crippen molar-refractivity contribution in [2.45, 2.75) is 114 Å². The number of aliphatic carboxylic acids is 1. The molecule has 6 heteroatoms. The van der Waals surface area contributed by atoms with E-state index in [0.29, 0.717) is 31.1 Å². The summed E-state index contributed by atoms with van der Waals surface area (Å²) < 4.78 is 0. The maximum atomic E-state index is 14.0. The summed E-state index contributed by atoms with van der Waals surface area (Å²) in [5.74, 6) is 1.80. The molecule has 196 valence electrons. The van der Waals surface area contributed by atoms with Gasteiger partial charge in [-0.3, -0.25) is 9.80 Å². The molecule has 5 aliphatic rings. The van der Waals surface area contributed by atoms with Gasteiger partial charge in [0, 0.05) is 36.4 Å². The van der Waals surface area contributed by atoms with Gasteiger partial charge >= 0.3 is 12.0 Å². The van der Waals surface area contributed by atoms with E-state index in [1.54, 1.807) is 4.90 Å². The van der Waals surface area contributed by atoms with Crippen molar-refractivity contribution in [1.29, 1.82) is 0 Å². The number of anilines is 1. The highest BCUT2D eigenvalue weighted by molar-refractivity contribution is 5.95. The molecule has 1 aromatic carbocycles. The van der Waals surface area contributed by atoms with E-state index in [0.717, 1.165) is 42.7 Å². The zero-order valence-electron chi connectivity index (χ0n) is 21.8. The van der Waals surface area contributed by atoms with E-state index < -0.39 is 12.0 Å². The Bertz CT molecular complexity index is 940. The van der Waals surface area contributed by atoms with E-state index in [4.69, 9.17) is 0 Å². The first-order valence-electron chi connectivity index (χ1n) is 14.6. The summed E-state index contributed by atoms with van der Waals surface area (Å²) in [6, 6.07) is 11.1. The first-order valence-corrected chi connectivity index (χ1v) is 14.6. The molecule has 3 saturated heterocycles. The Morgan fingerprint density at radius 2 is 1.61 bits per heavy atom. The summed E-state index contributed by atoms with van der Waals surface area (Å²) in [5.41, 5.74) is 0.913. The van der Waals surface area contributed by atoms with E-state index in [1.165, 1.54) is 51.4 Å². The van der Waals surface area contributed by atoms with E-state index in [1.807, 2.05) is 35.2 Å². The van der Waals surface area contributed by atoms with Gasteiger partial charge in [-0.1, -0.05) is 44.4 Å². The fourth-order valence-corrected chi connectivity index (χ4v) is 8.78. The summed E-state index contributed by atoms with van der Waals surface area (Å²) in [6.07, 6.45) is 14.1. The average Bonchev–Trinajstić information content (AvgIpc) is 3.37. The predicted molar refractivity (Wildman–Crippen MR) is 141 cm³/mol. The van der Waals surface area contributed by atoms with Crippen LogP contribution in [0.2, 0.25) is 0 Å². The number of benzene rings is 1. The van der Waals surface area contributed by atoms with Crippen LogP contribution in [0.1, 0.15) is 84.0 Å². The average molecular weight is 494 g/mol. The number of fused-ring (bicyclic) bond motifs is 4. The number of rotatable bonds is 4. The molecule has 2 aliphatic carbocycles. The van der Waals surface area contributed by atoms with Crippen LogP contribution >= 0.6 is 0 Å². The second-order valence-corrected chi connectivity index (χ2v) is 12.5. The molecule has 6 nitrogen and oxygen atoms in total. The summed E-state index contributed by atoms with van der Waals surface area (Å²) >= 11 is 0. The Balaban J connectivity index is 1.25. The molecular formula is C30H43N3O3. The number of likely N-dealkylation sites (tertiary alicyclic amines) is 1. The molecule has 0 spiro atoms. The number of hydrogen-bond donors (Lipinski definition) is 1. The van der Waals surface area contributed by atoms with Crippen molar-refractivity contribution >= 4 is 17.7 Å². The molecule has 3 heterocycles. The molecule has 0 aromatic heterocycles. The minimum Gasteiger partial charge on any atom is -0.480 e. The lowest BCUT2D eigenvalue weighted by Crippen LogP contribution is -2.63. The molecule has 5 fully saturated rings. The SMILES string of the molecule is CC1CCC2CC1CC(N1C3CCCC1CC(N(C(=O)N1CCCC1C(=O)O)c1ccccc1)C3)C2. The molecule has 7 atom stereocenters. The molecule has 6 rings (SSSR count). The largest absolute Gasteiger partial charge is 0.480 e. The Kier molecular flexibility index (Phi) is 6.74. The fraction of sp³-hybridized carbons (Fsp3) is 0.733. The third-order valence-corrected chi connectivity index (χ3v) is 10.5. The number of carboxylic acids is 1. The highest BCUT2D eigenvalue weighted by atomic mass is 16.4. The zero-order valence-corrected chi connectivity index (χ0v) is 21.8. The second-order valence-electron chi connectivity index (χ2n) is 12.5. The number of amides is 2. The number of para-hydroxylation sites is 1. The fourth-order valence-electron chi connectivity index (χ4n) is 8.78. The molecule has 1 N–H and O–H groups in total. The van der Waals surface area contributed by atoms with Crippen molar-refractivity contribution in [2.75, 3.05) is 11.4 Å². The van der Waals surface area contributed by atoms with E-state index in [2.05, 4.69) is 11.8 Å². The number of carbonyl (C=O) groups is 2. The lowest BCUT2D eigenvalue weighted by atomic mass is 9.64. The van der Waals surface area contributed by atoms with E-state index >= 15 is 0 Å². The van der Waals surface area contributed by atoms with Crippen molar-refractivity contribution in [1.82, 2.24) is 9.80 Å². The van der Waals surface area contributed by atoms with Crippen LogP contribution in [0.25, 0.3) is 0 Å². The first kappa shape index (κ1) is 24.3. The maximum absolute atomic E-state index is 14.0. The molecule has 36 heavy (non-hydrogen) atoms. The van der Waals surface area contributed by atoms with Crippen LogP contribution in [-0.4, -0.2) is 63.7 Å². The normalized spacial score (nSPS) is 38.5. The Morgan fingerprint density at radius 1 is 0.861 bits per heavy atom. The molecule has 2 amide bonds. The van der Waals surface area contributed by atoms with Gasteiger partial charge in [-0.25, -0.2) is 9.59 Å². The maximum Gasteiger partial charge on any atom is 0.326 e. The molecule has 3 aliphatic heterocycles. The number of nitrogens with zero attached hydrogens (tertiary/aromatic N) is 3. The number of carbonyl (C=O) groups excluding carboxylic acids is 1. The lowest BCUT2D eigenvalue weighted by molar-refractivity contribution is -0.141. The summed E-state index contributed by atoms with van der Waals surface area (Å²) in [5, 5.41) is 9.77. The summed E-state index contributed by atoms with van der Waals surface area (Å²) in [4.78, 5) is 32.5. The van der Waals surface area contributed by atoms with Gasteiger partial charge in [0.15, 0.2) is 0 Å². The lowest BCUT2D eigenvalue weighted by Gasteiger charge is -2.57. The minimum absolute atomic E-state index is 0.108. The van der Waals surface area contributed by atoms with Crippen molar-refractivity contribution in [3.63, 3.8) is 0 Å². The van der Waals surface area contributed by atoms with Crippen molar-refractivity contribution in [3.8, 4) is 0 Å². The van der Waals surface area contributed by atoms with Crippen molar-refractivity contribution in [2.24, 2.45) is 17.8 Å². The molecule has 0 radical (unpaired) electrons. The minimum atomic E-state index is -0.877. The smallest absolute Gasteiger partial charge is 0.326 e. The van der Waals surface area contributed by atoms with Gasteiger partial charge in [0.1, 0.15) is 6.04 Å². The topological polar surface area (TPSA) is 64.1 Å². The van der Waals surface area contributed by atoms with Crippen LogP contribution in [0.4, 0.5) is 10.5 Å². The molecule has 2 saturated carbocycles. The number of carboxylic acid groups (broad SMARTS) is 1. The van der Waals surface area contributed by atoms with E-state index in [-0.39, 0.29) is 12.1 Å². The Hall–Kier alpha value is -2.08. The first-order chi connectivity index (χ1) is 17.5. The predicted octanol–water partition coefficient (Wildman–Crippen LogP) is 5.76. The quantitative estimate of drug-likeness (QED) is 0.579. The molecule has 7 unspecified atom stereocenters. The highest BCUT2D eigenvalue weighted by Gasteiger charge is 2.48. The highest BCUT2D eigenvalue weighted by Crippen LogP contribution is 2.48.